The minimum atomic E-state index is -0.249. The first-order valence-electron chi connectivity index (χ1n) is 8.89. The third-order valence-electron chi connectivity index (χ3n) is 4.93. The Morgan fingerprint density at radius 2 is 2.11 bits per heavy atom. The Morgan fingerprint density at radius 3 is 2.93 bits per heavy atom. The number of fused-ring (bicyclic) bond motifs is 1. The molecule has 0 fully saturated rings. The second-order valence-electron chi connectivity index (χ2n) is 6.78. The number of aryl methyl sites for hydroxylation is 2. The molecule has 1 unspecified atom stereocenters. The van der Waals surface area contributed by atoms with Crippen molar-refractivity contribution in [3.05, 3.63) is 51.2 Å². The van der Waals surface area contributed by atoms with E-state index >= 15 is 0 Å². The summed E-state index contributed by atoms with van der Waals surface area (Å²) in [5, 5.41) is 14.6. The van der Waals surface area contributed by atoms with Gasteiger partial charge in [0.15, 0.2) is 0 Å². The van der Waals surface area contributed by atoms with Gasteiger partial charge >= 0.3 is 0 Å². The van der Waals surface area contributed by atoms with Crippen molar-refractivity contribution in [2.45, 2.75) is 44.1 Å². The van der Waals surface area contributed by atoms with E-state index in [4.69, 9.17) is 0 Å². The summed E-state index contributed by atoms with van der Waals surface area (Å²) in [6.07, 6.45) is 0.941. The van der Waals surface area contributed by atoms with Crippen LogP contribution in [0.4, 0.5) is 0 Å². The summed E-state index contributed by atoms with van der Waals surface area (Å²) in [5.74, 6) is 0.131. The standard InChI is InChI=1S/C19H21N5OS2/c1-12-4-5-16(10-13(12)2)24-19(20-21-22-24)27-14(3)18(25)23-8-6-17-15(11-23)7-9-26-17/h4-5,7,9-10,14H,6,8,11H2,1-3H3. The number of thioether (sulfide) groups is 1. The molecule has 1 aromatic carbocycles. The van der Waals surface area contributed by atoms with Crippen LogP contribution in [0.1, 0.15) is 28.5 Å². The number of thiophene rings is 1. The van der Waals surface area contributed by atoms with Gasteiger partial charge in [-0.1, -0.05) is 17.8 Å². The van der Waals surface area contributed by atoms with Gasteiger partial charge < -0.3 is 4.90 Å². The first-order chi connectivity index (χ1) is 13.0. The molecule has 27 heavy (non-hydrogen) atoms. The SMILES string of the molecule is Cc1ccc(-n2nnnc2SC(C)C(=O)N2CCc3sccc3C2)cc1C. The third-order valence-corrected chi connectivity index (χ3v) is 6.97. The fourth-order valence-corrected chi connectivity index (χ4v) is 4.96. The summed E-state index contributed by atoms with van der Waals surface area (Å²) in [4.78, 5) is 16.3. The second-order valence-corrected chi connectivity index (χ2v) is 9.09. The molecule has 8 heteroatoms. The highest BCUT2D eigenvalue weighted by Crippen LogP contribution is 2.28. The second kappa shape index (κ2) is 7.44. The summed E-state index contributed by atoms with van der Waals surface area (Å²) in [6, 6.07) is 8.24. The zero-order valence-corrected chi connectivity index (χ0v) is 17.2. The van der Waals surface area contributed by atoms with E-state index in [0.717, 1.165) is 18.7 Å². The number of carbonyl (C=O) groups is 1. The van der Waals surface area contributed by atoms with Crippen molar-refractivity contribution >= 4 is 29.0 Å². The number of rotatable bonds is 4. The number of hydrogen-bond donors (Lipinski definition) is 0. The Balaban J connectivity index is 1.49. The lowest BCUT2D eigenvalue weighted by Crippen LogP contribution is -2.39. The van der Waals surface area contributed by atoms with Crippen molar-refractivity contribution in [2.24, 2.45) is 0 Å². The Hall–Kier alpha value is -2.19. The van der Waals surface area contributed by atoms with E-state index in [0.29, 0.717) is 11.7 Å². The van der Waals surface area contributed by atoms with Gasteiger partial charge in [-0.15, -0.1) is 16.4 Å². The largest absolute Gasteiger partial charge is 0.337 e. The highest BCUT2D eigenvalue weighted by Gasteiger charge is 2.27. The van der Waals surface area contributed by atoms with Crippen molar-refractivity contribution in [2.75, 3.05) is 6.54 Å². The summed E-state index contributed by atoms with van der Waals surface area (Å²) in [7, 11) is 0. The molecule has 6 nitrogen and oxygen atoms in total. The van der Waals surface area contributed by atoms with Crippen LogP contribution in [0, 0.1) is 13.8 Å². The van der Waals surface area contributed by atoms with Crippen LogP contribution in [0.2, 0.25) is 0 Å². The minimum Gasteiger partial charge on any atom is -0.337 e. The highest BCUT2D eigenvalue weighted by atomic mass is 32.2. The zero-order chi connectivity index (χ0) is 19.0. The Labute approximate surface area is 166 Å². The molecule has 3 aromatic rings. The molecule has 3 heterocycles. The van der Waals surface area contributed by atoms with Crippen LogP contribution in [0.3, 0.4) is 0 Å². The van der Waals surface area contributed by atoms with Crippen molar-refractivity contribution in [3.8, 4) is 5.69 Å². The maximum Gasteiger partial charge on any atom is 0.236 e. The Bertz CT molecular complexity index is 980. The molecule has 140 valence electrons. The lowest BCUT2D eigenvalue weighted by molar-refractivity contribution is -0.131. The number of tetrazole rings is 1. The van der Waals surface area contributed by atoms with Gasteiger partial charge in [-0.05, 0) is 77.9 Å². The number of hydrogen-bond acceptors (Lipinski definition) is 6. The normalized spacial score (nSPS) is 14.9. The maximum absolute atomic E-state index is 12.9. The summed E-state index contributed by atoms with van der Waals surface area (Å²) in [5.41, 5.74) is 4.59. The van der Waals surface area contributed by atoms with Crippen molar-refractivity contribution in [1.29, 1.82) is 0 Å². The zero-order valence-electron chi connectivity index (χ0n) is 15.5. The predicted octanol–water partition coefficient (Wildman–Crippen LogP) is 3.41. The minimum absolute atomic E-state index is 0.131. The summed E-state index contributed by atoms with van der Waals surface area (Å²) < 4.78 is 1.70. The van der Waals surface area contributed by atoms with Crippen LogP contribution >= 0.6 is 23.1 Å². The quantitative estimate of drug-likeness (QED) is 0.629. The topological polar surface area (TPSA) is 63.9 Å². The first kappa shape index (κ1) is 18.2. The fourth-order valence-electron chi connectivity index (χ4n) is 3.17. The average Bonchev–Trinajstić information content (AvgIpc) is 3.31. The average molecular weight is 400 g/mol. The molecule has 0 N–H and O–H groups in total. The lowest BCUT2D eigenvalue weighted by Gasteiger charge is -2.29. The molecule has 0 radical (unpaired) electrons. The van der Waals surface area contributed by atoms with Gasteiger partial charge in [0, 0.05) is 18.0 Å². The Morgan fingerprint density at radius 1 is 1.26 bits per heavy atom. The van der Waals surface area contributed by atoms with E-state index in [-0.39, 0.29) is 11.2 Å². The molecule has 0 spiro atoms. The number of aromatic nitrogens is 4. The molecule has 1 aliphatic heterocycles. The molecular formula is C19H21N5OS2. The lowest BCUT2D eigenvalue weighted by atomic mass is 10.1. The van der Waals surface area contributed by atoms with E-state index in [1.54, 1.807) is 16.0 Å². The summed E-state index contributed by atoms with van der Waals surface area (Å²) in [6.45, 7) is 7.55. The first-order valence-corrected chi connectivity index (χ1v) is 10.7. The van der Waals surface area contributed by atoms with E-state index in [2.05, 4.69) is 53.0 Å². The molecule has 1 amide bonds. The van der Waals surface area contributed by atoms with Gasteiger partial charge in [-0.3, -0.25) is 4.79 Å². The molecule has 1 aliphatic rings. The fraction of sp³-hybridized carbons (Fsp3) is 0.368. The predicted molar refractivity (Wildman–Crippen MR) is 107 cm³/mol. The van der Waals surface area contributed by atoms with Gasteiger partial charge in [0.2, 0.25) is 11.1 Å². The molecule has 0 saturated heterocycles. The molecule has 0 saturated carbocycles. The molecule has 0 bridgehead atoms. The van der Waals surface area contributed by atoms with Gasteiger partial charge in [0.05, 0.1) is 10.9 Å². The molecule has 2 aromatic heterocycles. The van der Waals surface area contributed by atoms with Crippen molar-refractivity contribution in [1.82, 2.24) is 25.1 Å². The highest BCUT2D eigenvalue weighted by molar-refractivity contribution is 8.00. The number of carbonyl (C=O) groups excluding carboxylic acids is 1. The van der Waals surface area contributed by atoms with Gasteiger partial charge in [0.1, 0.15) is 0 Å². The van der Waals surface area contributed by atoms with Crippen molar-refractivity contribution < 1.29 is 4.79 Å². The van der Waals surface area contributed by atoms with Crippen LogP contribution in [-0.2, 0) is 17.8 Å². The van der Waals surface area contributed by atoms with Crippen LogP contribution in [0.25, 0.3) is 5.69 Å². The van der Waals surface area contributed by atoms with E-state index < -0.39 is 0 Å². The molecule has 1 atom stereocenters. The van der Waals surface area contributed by atoms with E-state index in [1.807, 2.05) is 17.9 Å². The monoisotopic (exact) mass is 399 g/mol. The molecule has 0 aliphatic carbocycles. The van der Waals surface area contributed by atoms with Crippen molar-refractivity contribution in [3.63, 3.8) is 0 Å². The Kier molecular flexibility index (Phi) is 5.01. The van der Waals surface area contributed by atoms with E-state index in [9.17, 15) is 4.79 Å². The van der Waals surface area contributed by atoms with Gasteiger partial charge in [0.25, 0.3) is 0 Å². The maximum atomic E-state index is 12.9. The van der Waals surface area contributed by atoms with E-state index in [1.165, 1.54) is 33.3 Å². The molecular weight excluding hydrogens is 378 g/mol. The number of nitrogens with zero attached hydrogens (tertiary/aromatic N) is 5. The third kappa shape index (κ3) is 3.64. The molecule has 4 rings (SSSR count). The van der Waals surface area contributed by atoms with Crippen LogP contribution in [-0.4, -0.2) is 42.8 Å². The number of benzene rings is 1. The van der Waals surface area contributed by atoms with Gasteiger partial charge in [-0.25, -0.2) is 0 Å². The van der Waals surface area contributed by atoms with Crippen LogP contribution in [0.15, 0.2) is 34.8 Å². The van der Waals surface area contributed by atoms with Gasteiger partial charge in [-0.2, -0.15) is 4.68 Å². The van der Waals surface area contributed by atoms with Crippen LogP contribution in [0.5, 0.6) is 0 Å². The summed E-state index contributed by atoms with van der Waals surface area (Å²) >= 11 is 3.19. The number of amides is 1. The van der Waals surface area contributed by atoms with Crippen LogP contribution < -0.4 is 0 Å². The smallest absolute Gasteiger partial charge is 0.236 e.